The van der Waals surface area contributed by atoms with Gasteiger partial charge < -0.3 is 29.7 Å². The molecule has 0 radical (unpaired) electrons. The van der Waals surface area contributed by atoms with Gasteiger partial charge in [-0.15, -0.1) is 0 Å². The zero-order valence-corrected chi connectivity index (χ0v) is 30.4. The SMILES string of the molecule is Cc1[nH]c2ccccc2c1[C@@H]1[C@@H](CC(=O)N(Cc2ccc(C(F)(F)F)cc2)C2(C(=O)Nc3ccc(N4CCOCC4)cc3)CCN(C)CC2)C1(C)C. The lowest BCUT2D eigenvalue weighted by Crippen LogP contribution is -2.62. The van der Waals surface area contributed by atoms with Crippen LogP contribution in [0.5, 0.6) is 0 Å². The summed E-state index contributed by atoms with van der Waals surface area (Å²) in [5.74, 6) is -0.292. The number of alkyl halides is 3. The van der Waals surface area contributed by atoms with Crippen molar-refractivity contribution in [1.29, 1.82) is 0 Å². The minimum Gasteiger partial charge on any atom is -0.378 e. The number of nitrogens with zero attached hydrogens (tertiary/aromatic N) is 3. The molecule has 0 bridgehead atoms. The van der Waals surface area contributed by atoms with E-state index in [-0.39, 0.29) is 42.0 Å². The van der Waals surface area contributed by atoms with Crippen LogP contribution in [-0.2, 0) is 27.0 Å². The molecule has 52 heavy (non-hydrogen) atoms. The number of likely N-dealkylation sites (tertiary alicyclic amines) is 1. The van der Waals surface area contributed by atoms with Gasteiger partial charge in [-0.05, 0) is 97.7 Å². The molecule has 2 aliphatic heterocycles. The second-order valence-corrected chi connectivity index (χ2v) is 15.4. The number of hydrogen-bond donors (Lipinski definition) is 2. The fourth-order valence-electron chi connectivity index (χ4n) is 8.59. The Bertz CT molecular complexity index is 1910. The highest BCUT2D eigenvalue weighted by atomic mass is 19.4. The number of fused-ring (bicyclic) bond motifs is 1. The molecule has 3 heterocycles. The summed E-state index contributed by atoms with van der Waals surface area (Å²) in [4.78, 5) is 39.1. The third kappa shape index (κ3) is 6.92. The maximum absolute atomic E-state index is 14.9. The maximum atomic E-state index is 14.9. The average molecular weight is 716 g/mol. The number of hydrogen-bond acceptors (Lipinski definition) is 5. The number of para-hydroxylation sites is 1. The van der Waals surface area contributed by atoms with Gasteiger partial charge in [0.25, 0.3) is 0 Å². The second kappa shape index (κ2) is 13.9. The highest BCUT2D eigenvalue weighted by Gasteiger charge is 2.60. The Morgan fingerprint density at radius 1 is 0.942 bits per heavy atom. The number of aromatic amines is 1. The fourth-order valence-corrected chi connectivity index (χ4v) is 8.59. The summed E-state index contributed by atoms with van der Waals surface area (Å²) in [5.41, 5.74) is 3.45. The van der Waals surface area contributed by atoms with Gasteiger partial charge in [0, 0.05) is 67.1 Å². The summed E-state index contributed by atoms with van der Waals surface area (Å²) in [5, 5.41) is 4.30. The predicted octanol–water partition coefficient (Wildman–Crippen LogP) is 7.59. The third-order valence-corrected chi connectivity index (χ3v) is 11.9. The van der Waals surface area contributed by atoms with E-state index in [4.69, 9.17) is 4.74 Å². The van der Waals surface area contributed by atoms with Crippen molar-refractivity contribution in [3.05, 3.63) is 95.2 Å². The molecule has 2 saturated heterocycles. The number of rotatable bonds is 9. The molecule has 0 unspecified atom stereocenters. The van der Waals surface area contributed by atoms with E-state index in [1.54, 1.807) is 4.90 Å². The summed E-state index contributed by atoms with van der Waals surface area (Å²) in [6.07, 6.45) is -3.47. The number of aromatic nitrogens is 1. The first kappa shape index (κ1) is 36.0. The Kier molecular flexibility index (Phi) is 9.63. The van der Waals surface area contributed by atoms with Crippen molar-refractivity contribution in [2.75, 3.05) is 56.7 Å². The minimum atomic E-state index is -4.48. The molecule has 2 amide bonds. The van der Waals surface area contributed by atoms with Crippen LogP contribution in [-0.4, -0.2) is 78.6 Å². The van der Waals surface area contributed by atoms with E-state index in [1.165, 1.54) is 17.7 Å². The lowest BCUT2D eigenvalue weighted by Gasteiger charge is -2.47. The van der Waals surface area contributed by atoms with Crippen LogP contribution in [0.1, 0.15) is 61.4 Å². The minimum absolute atomic E-state index is 0.0205. The molecular weight excluding hydrogens is 667 g/mol. The van der Waals surface area contributed by atoms with Crippen molar-refractivity contribution >= 4 is 34.1 Å². The van der Waals surface area contributed by atoms with Gasteiger partial charge in [-0.2, -0.15) is 13.2 Å². The Morgan fingerprint density at radius 2 is 1.60 bits per heavy atom. The summed E-state index contributed by atoms with van der Waals surface area (Å²) in [6.45, 7) is 10.6. The van der Waals surface area contributed by atoms with Gasteiger partial charge in [0.05, 0.1) is 18.8 Å². The van der Waals surface area contributed by atoms with Crippen molar-refractivity contribution < 1.29 is 27.5 Å². The van der Waals surface area contributed by atoms with Gasteiger partial charge in [-0.25, -0.2) is 0 Å². The third-order valence-electron chi connectivity index (χ3n) is 11.9. The molecule has 3 aromatic carbocycles. The van der Waals surface area contributed by atoms with Crippen LogP contribution in [0.4, 0.5) is 24.5 Å². The number of carbonyl (C=O) groups excluding carboxylic acids is 2. The molecule has 2 N–H and O–H groups in total. The smallest absolute Gasteiger partial charge is 0.378 e. The Hall–Kier alpha value is -4.35. The van der Waals surface area contributed by atoms with Crippen LogP contribution in [0.3, 0.4) is 0 Å². The first-order valence-electron chi connectivity index (χ1n) is 18.2. The van der Waals surface area contributed by atoms with Gasteiger partial charge >= 0.3 is 6.18 Å². The highest BCUT2D eigenvalue weighted by molar-refractivity contribution is 6.01. The number of morpholine rings is 1. The first-order chi connectivity index (χ1) is 24.8. The summed E-state index contributed by atoms with van der Waals surface area (Å²) in [7, 11) is 2.00. The van der Waals surface area contributed by atoms with E-state index in [9.17, 15) is 22.8 Å². The zero-order valence-electron chi connectivity index (χ0n) is 30.4. The number of aryl methyl sites for hydroxylation is 1. The average Bonchev–Trinajstić information content (AvgIpc) is 3.47. The molecule has 2 atom stereocenters. The number of amides is 2. The standard InChI is InChI=1S/C41H48F3N5O3/c1-27-36(32-7-5-6-8-34(32)45-27)37-33(39(37,2)3)25-35(50)49(26-28-9-11-29(12-10-28)41(42,43)44)40(17-19-47(4)20-18-40)38(51)46-30-13-15-31(16-14-30)48-21-23-52-24-22-48/h5-16,33,37,45H,17-26H2,1-4H3,(H,46,51)/t33-,37+/m1/s1. The molecule has 7 rings (SSSR count). The number of nitrogens with one attached hydrogen (secondary N) is 2. The molecule has 3 fully saturated rings. The number of benzene rings is 3. The van der Waals surface area contributed by atoms with Crippen molar-refractivity contribution in [2.24, 2.45) is 11.3 Å². The molecule has 11 heteroatoms. The van der Waals surface area contributed by atoms with Crippen LogP contribution in [0, 0.1) is 18.3 Å². The monoisotopic (exact) mass is 715 g/mol. The molecule has 8 nitrogen and oxygen atoms in total. The van der Waals surface area contributed by atoms with Gasteiger partial charge in [-0.1, -0.05) is 44.2 Å². The van der Waals surface area contributed by atoms with Crippen molar-refractivity contribution in [2.45, 2.75) is 64.2 Å². The Balaban J connectivity index is 1.20. The number of anilines is 2. The first-order valence-corrected chi connectivity index (χ1v) is 18.2. The number of ether oxygens (including phenoxy) is 1. The Labute approximate surface area is 303 Å². The molecule has 0 spiro atoms. The molecule has 276 valence electrons. The van der Waals surface area contributed by atoms with E-state index in [0.29, 0.717) is 50.4 Å². The van der Waals surface area contributed by atoms with E-state index in [0.717, 1.165) is 47.5 Å². The van der Waals surface area contributed by atoms with Crippen LogP contribution in [0.2, 0.25) is 0 Å². The molecule has 1 aromatic heterocycles. The summed E-state index contributed by atoms with van der Waals surface area (Å²) < 4.78 is 46.0. The quantitative estimate of drug-likeness (QED) is 0.187. The normalized spacial score (nSPS) is 21.6. The van der Waals surface area contributed by atoms with Crippen LogP contribution < -0.4 is 10.2 Å². The number of H-pyrrole nitrogens is 1. The molecule has 1 saturated carbocycles. The van der Waals surface area contributed by atoms with Crippen molar-refractivity contribution in [1.82, 2.24) is 14.8 Å². The molecule has 1 aliphatic carbocycles. The van der Waals surface area contributed by atoms with E-state index < -0.39 is 17.3 Å². The lowest BCUT2D eigenvalue weighted by molar-refractivity contribution is -0.150. The predicted molar refractivity (Wildman–Crippen MR) is 197 cm³/mol. The molecule has 4 aromatic rings. The number of carbonyl (C=O) groups is 2. The number of halogens is 3. The zero-order chi connectivity index (χ0) is 36.8. The van der Waals surface area contributed by atoms with Crippen molar-refractivity contribution in [3.63, 3.8) is 0 Å². The van der Waals surface area contributed by atoms with Gasteiger partial charge in [0.2, 0.25) is 11.8 Å². The van der Waals surface area contributed by atoms with Crippen molar-refractivity contribution in [3.8, 4) is 0 Å². The molecule has 3 aliphatic rings. The van der Waals surface area contributed by atoms with E-state index >= 15 is 0 Å². The lowest BCUT2D eigenvalue weighted by atomic mass is 9.83. The van der Waals surface area contributed by atoms with Crippen LogP contribution >= 0.6 is 0 Å². The summed E-state index contributed by atoms with van der Waals surface area (Å²) >= 11 is 0. The van der Waals surface area contributed by atoms with Gasteiger partial charge in [0.1, 0.15) is 5.54 Å². The van der Waals surface area contributed by atoms with Crippen LogP contribution in [0.15, 0.2) is 72.8 Å². The molecular formula is C41H48F3N5O3. The highest BCUT2D eigenvalue weighted by Crippen LogP contribution is 2.67. The van der Waals surface area contributed by atoms with Gasteiger partial charge in [0.15, 0.2) is 0 Å². The van der Waals surface area contributed by atoms with E-state index in [1.807, 2.05) is 43.4 Å². The largest absolute Gasteiger partial charge is 0.416 e. The topological polar surface area (TPSA) is 80.9 Å². The maximum Gasteiger partial charge on any atom is 0.416 e. The van der Waals surface area contributed by atoms with Crippen LogP contribution in [0.25, 0.3) is 10.9 Å². The Morgan fingerprint density at radius 3 is 2.25 bits per heavy atom. The number of piperidine rings is 1. The van der Waals surface area contributed by atoms with Gasteiger partial charge in [-0.3, -0.25) is 9.59 Å². The van der Waals surface area contributed by atoms with E-state index in [2.05, 4.69) is 53.0 Å². The fraction of sp³-hybridized carbons (Fsp3) is 0.463. The summed E-state index contributed by atoms with van der Waals surface area (Å²) in [6, 6.07) is 20.9. The second-order valence-electron chi connectivity index (χ2n) is 15.4.